The van der Waals surface area contributed by atoms with Gasteiger partial charge in [-0.05, 0) is 32.3 Å². The second-order valence-corrected chi connectivity index (χ2v) is 9.76. The number of amidine groups is 1. The van der Waals surface area contributed by atoms with Crippen LogP contribution in [0.25, 0.3) is 0 Å². The predicted octanol–water partition coefficient (Wildman–Crippen LogP) is 2.38. The Hall–Kier alpha value is -2.04. The van der Waals surface area contributed by atoms with Crippen molar-refractivity contribution >= 4 is 28.2 Å². The van der Waals surface area contributed by atoms with E-state index in [-0.39, 0.29) is 12.4 Å². The topological polar surface area (TPSA) is 150 Å². The van der Waals surface area contributed by atoms with Crippen molar-refractivity contribution in [3.63, 3.8) is 0 Å². The van der Waals surface area contributed by atoms with Crippen LogP contribution < -0.4 is 15.8 Å². The summed E-state index contributed by atoms with van der Waals surface area (Å²) in [5.41, 5.74) is 5.73. The number of ether oxygens (including phenoxy) is 1. The fourth-order valence-corrected chi connectivity index (χ4v) is 7.37. The van der Waals surface area contributed by atoms with Crippen molar-refractivity contribution in [1.82, 2.24) is 10.3 Å². The van der Waals surface area contributed by atoms with Crippen molar-refractivity contribution in [2.75, 3.05) is 12.3 Å². The minimum atomic E-state index is -3.22. The first-order valence-electron chi connectivity index (χ1n) is 8.46. The molecule has 1 saturated carbocycles. The summed E-state index contributed by atoms with van der Waals surface area (Å²) in [6, 6.07) is 1.66. The van der Waals surface area contributed by atoms with Crippen LogP contribution in [0, 0.1) is 0 Å². The average molecular weight is 382 g/mol. The number of amides is 1. The van der Waals surface area contributed by atoms with Gasteiger partial charge in [-0.3, -0.25) is 19.4 Å². The van der Waals surface area contributed by atoms with Crippen LogP contribution in [-0.4, -0.2) is 47.7 Å². The SMILES string of the molecule is C[C@]12N=C(NC(=O)O)C3(CCC3)S(O)(O)[C@H]1CCOc1ncc(N)cc12. The smallest absolute Gasteiger partial charge is 0.410 e. The second-order valence-electron chi connectivity index (χ2n) is 7.23. The van der Waals surface area contributed by atoms with Crippen LogP contribution in [-0.2, 0) is 5.54 Å². The maximum absolute atomic E-state index is 11.3. The van der Waals surface area contributed by atoms with E-state index in [1.165, 1.54) is 6.20 Å². The van der Waals surface area contributed by atoms with E-state index in [2.05, 4.69) is 10.3 Å². The number of carbonyl (C=O) groups is 1. The molecule has 4 rings (SSSR count). The molecule has 1 amide bonds. The minimum Gasteiger partial charge on any atom is -0.477 e. The van der Waals surface area contributed by atoms with Crippen molar-refractivity contribution < 1.29 is 23.7 Å². The van der Waals surface area contributed by atoms with Gasteiger partial charge in [0.05, 0.1) is 23.7 Å². The molecule has 0 saturated heterocycles. The highest BCUT2D eigenvalue weighted by Gasteiger charge is 2.64. The number of aromatic nitrogens is 1. The van der Waals surface area contributed by atoms with Crippen LogP contribution in [0.4, 0.5) is 10.5 Å². The molecule has 3 heterocycles. The first kappa shape index (κ1) is 17.4. The summed E-state index contributed by atoms with van der Waals surface area (Å²) in [6.07, 6.45) is 2.34. The lowest BCUT2D eigenvalue weighted by molar-refractivity contribution is 0.198. The van der Waals surface area contributed by atoms with Crippen LogP contribution in [0.15, 0.2) is 17.3 Å². The summed E-state index contributed by atoms with van der Waals surface area (Å²) in [5, 5.41) is 11.0. The normalized spacial score (nSPS) is 32.0. The third-order valence-electron chi connectivity index (χ3n) is 5.80. The van der Waals surface area contributed by atoms with E-state index in [0.29, 0.717) is 36.4 Å². The van der Waals surface area contributed by atoms with Crippen molar-refractivity contribution in [1.29, 1.82) is 0 Å². The number of nitrogens with zero attached hydrogens (tertiary/aromatic N) is 2. The lowest BCUT2D eigenvalue weighted by Crippen LogP contribution is -2.64. The number of hydrogen-bond acceptors (Lipinski definition) is 7. The fourth-order valence-electron chi connectivity index (χ4n) is 4.31. The van der Waals surface area contributed by atoms with Gasteiger partial charge in [0.1, 0.15) is 16.1 Å². The van der Waals surface area contributed by atoms with Crippen LogP contribution in [0.3, 0.4) is 0 Å². The van der Waals surface area contributed by atoms with Crippen molar-refractivity contribution in [2.45, 2.75) is 48.1 Å². The molecule has 2 aliphatic heterocycles. The van der Waals surface area contributed by atoms with E-state index in [1.54, 1.807) is 13.0 Å². The monoisotopic (exact) mass is 382 g/mol. The van der Waals surface area contributed by atoms with E-state index >= 15 is 0 Å². The van der Waals surface area contributed by atoms with Crippen LogP contribution in [0.5, 0.6) is 5.88 Å². The quantitative estimate of drug-likeness (QED) is 0.462. The Morgan fingerprint density at radius 3 is 2.81 bits per heavy atom. The van der Waals surface area contributed by atoms with Crippen molar-refractivity contribution in [2.24, 2.45) is 4.99 Å². The number of carboxylic acid groups (broad SMARTS) is 1. The molecule has 1 spiro atoms. The van der Waals surface area contributed by atoms with Gasteiger partial charge in [0.25, 0.3) is 0 Å². The van der Waals surface area contributed by atoms with Gasteiger partial charge in [0, 0.05) is 12.0 Å². The molecule has 0 radical (unpaired) electrons. The number of hydrogen-bond donors (Lipinski definition) is 5. The number of anilines is 1. The lowest BCUT2D eigenvalue weighted by Gasteiger charge is -2.64. The van der Waals surface area contributed by atoms with E-state index in [4.69, 9.17) is 15.5 Å². The molecular weight excluding hydrogens is 360 g/mol. The zero-order chi connectivity index (χ0) is 18.7. The number of nitrogen functional groups attached to an aromatic ring is 1. The van der Waals surface area contributed by atoms with E-state index < -0.39 is 32.2 Å². The summed E-state index contributed by atoms with van der Waals surface area (Å²) >= 11 is 0. The predicted molar refractivity (Wildman–Crippen MR) is 97.9 cm³/mol. The highest BCUT2D eigenvalue weighted by atomic mass is 32.3. The molecule has 6 N–H and O–H groups in total. The molecule has 1 aromatic heterocycles. The van der Waals surface area contributed by atoms with Crippen LogP contribution in [0.1, 0.15) is 38.2 Å². The highest BCUT2D eigenvalue weighted by Crippen LogP contribution is 2.71. The standard InChI is InChI=1S/C16H22N4O5S/c1-15-10-7-9(17)8-18-12(10)25-6-3-11(15)26(23,24)16(4-2-5-16)13(20-15)19-14(21)22/h7-8,11,23-24H,2-6,17H2,1H3,(H,19,20)(H,21,22)/t11-,15+/m0/s1. The highest BCUT2D eigenvalue weighted by molar-refractivity contribution is 8.26. The largest absolute Gasteiger partial charge is 0.477 e. The summed E-state index contributed by atoms with van der Waals surface area (Å²) in [7, 11) is -3.22. The maximum Gasteiger partial charge on any atom is 0.410 e. The van der Waals surface area contributed by atoms with Crippen molar-refractivity contribution in [3.05, 3.63) is 17.8 Å². The van der Waals surface area contributed by atoms with Gasteiger partial charge in [-0.2, -0.15) is 10.6 Å². The number of rotatable bonds is 0. The van der Waals surface area contributed by atoms with Gasteiger partial charge in [0.2, 0.25) is 5.88 Å². The Morgan fingerprint density at radius 1 is 1.46 bits per heavy atom. The number of fused-ring (bicyclic) bond motifs is 3. The molecule has 0 unspecified atom stereocenters. The number of nitrogens with two attached hydrogens (primary N) is 1. The number of pyridine rings is 1. The van der Waals surface area contributed by atoms with Gasteiger partial charge in [0.15, 0.2) is 0 Å². The first-order chi connectivity index (χ1) is 12.2. The second kappa shape index (κ2) is 5.48. The average Bonchev–Trinajstić information content (AvgIpc) is 2.62. The molecule has 0 aromatic carbocycles. The van der Waals surface area contributed by atoms with Gasteiger partial charge in [-0.25, -0.2) is 9.78 Å². The minimum absolute atomic E-state index is 0.116. The molecule has 1 aromatic rings. The third-order valence-corrected chi connectivity index (χ3v) is 9.04. The summed E-state index contributed by atoms with van der Waals surface area (Å²) < 4.78 is 27.3. The molecule has 142 valence electrons. The Balaban J connectivity index is 1.97. The molecular formula is C16H22N4O5S. The van der Waals surface area contributed by atoms with Crippen LogP contribution in [0.2, 0.25) is 0 Å². The van der Waals surface area contributed by atoms with Gasteiger partial charge >= 0.3 is 6.09 Å². The van der Waals surface area contributed by atoms with Gasteiger partial charge in [-0.1, -0.05) is 0 Å². The number of aliphatic imine (C=N–C) groups is 1. The molecule has 26 heavy (non-hydrogen) atoms. The Bertz CT molecular complexity index is 810. The summed E-state index contributed by atoms with van der Waals surface area (Å²) in [6.45, 7) is 2.03. The summed E-state index contributed by atoms with van der Waals surface area (Å²) in [5.74, 6) is 0.452. The van der Waals surface area contributed by atoms with Gasteiger partial charge in [-0.15, -0.1) is 0 Å². The van der Waals surface area contributed by atoms with Crippen molar-refractivity contribution in [3.8, 4) is 5.88 Å². The molecule has 9 nitrogen and oxygen atoms in total. The summed E-state index contributed by atoms with van der Waals surface area (Å²) in [4.78, 5) is 20.3. The van der Waals surface area contributed by atoms with E-state index in [1.807, 2.05) is 0 Å². The zero-order valence-corrected chi connectivity index (χ0v) is 15.1. The third kappa shape index (κ3) is 2.15. The maximum atomic E-state index is 11.3. The zero-order valence-electron chi connectivity index (χ0n) is 14.3. The van der Waals surface area contributed by atoms with Gasteiger partial charge < -0.3 is 15.6 Å². The lowest BCUT2D eigenvalue weighted by atomic mass is 9.81. The molecule has 2 atom stereocenters. The Morgan fingerprint density at radius 2 is 2.19 bits per heavy atom. The van der Waals surface area contributed by atoms with E-state index in [9.17, 15) is 19.0 Å². The Labute approximate surface area is 152 Å². The Kier molecular flexibility index (Phi) is 3.66. The molecule has 3 aliphatic rings. The fraction of sp³-hybridized carbons (Fsp3) is 0.562. The molecule has 0 bridgehead atoms. The van der Waals surface area contributed by atoms with E-state index in [0.717, 1.165) is 6.42 Å². The first-order valence-corrected chi connectivity index (χ1v) is 10.1. The number of nitrogens with one attached hydrogen (secondary N) is 1. The van der Waals surface area contributed by atoms with Crippen LogP contribution >= 0.6 is 10.6 Å². The molecule has 10 heteroatoms. The molecule has 1 aliphatic carbocycles. The molecule has 1 fully saturated rings.